The van der Waals surface area contributed by atoms with E-state index in [-0.39, 0.29) is 0 Å². The van der Waals surface area contributed by atoms with Crippen LogP contribution in [0.4, 0.5) is 17.1 Å². The first kappa shape index (κ1) is 39.4. The maximum atomic E-state index is 2.44. The Kier molecular flexibility index (Phi) is 9.54. The number of benzene rings is 12. The van der Waals surface area contributed by atoms with Crippen LogP contribution in [0.15, 0.2) is 267 Å². The zero-order valence-electron chi connectivity index (χ0n) is 37.3. The molecule has 68 heavy (non-hydrogen) atoms. The van der Waals surface area contributed by atoms with Gasteiger partial charge in [-0.1, -0.05) is 206 Å². The van der Waals surface area contributed by atoms with Gasteiger partial charge < -0.3 is 9.47 Å². The minimum absolute atomic E-state index is 1.07. The van der Waals surface area contributed by atoms with Gasteiger partial charge in [0.2, 0.25) is 0 Å². The van der Waals surface area contributed by atoms with Crippen LogP contribution in [0.5, 0.6) is 0 Å². The third-order valence-electron chi connectivity index (χ3n) is 13.8. The Morgan fingerprint density at radius 3 is 1.49 bits per heavy atom. The molecule has 1 aromatic heterocycles. The van der Waals surface area contributed by atoms with Crippen molar-refractivity contribution in [2.45, 2.75) is 0 Å². The Bertz CT molecular complexity index is 3950. The summed E-state index contributed by atoms with van der Waals surface area (Å²) in [5.41, 5.74) is 16.2. The average molecular weight is 865 g/mol. The minimum Gasteiger partial charge on any atom is -0.310 e. The van der Waals surface area contributed by atoms with Gasteiger partial charge in [-0.05, 0) is 132 Å². The van der Waals surface area contributed by atoms with Crippen molar-refractivity contribution in [3.63, 3.8) is 0 Å². The molecule has 0 fully saturated rings. The molecule has 0 unspecified atom stereocenters. The minimum atomic E-state index is 1.07. The van der Waals surface area contributed by atoms with Crippen LogP contribution < -0.4 is 4.90 Å². The van der Waals surface area contributed by atoms with E-state index in [0.717, 1.165) is 50.6 Å². The second kappa shape index (κ2) is 16.5. The van der Waals surface area contributed by atoms with Crippen LogP contribution in [0, 0.1) is 0 Å². The van der Waals surface area contributed by atoms with Crippen molar-refractivity contribution in [1.82, 2.24) is 4.57 Å². The maximum absolute atomic E-state index is 2.44. The average Bonchev–Trinajstić information content (AvgIpc) is 3.76. The van der Waals surface area contributed by atoms with E-state index in [1.54, 1.807) is 0 Å². The number of nitrogens with zero attached hydrogens (tertiary/aromatic N) is 2. The van der Waals surface area contributed by atoms with Crippen LogP contribution in [0.25, 0.3) is 104 Å². The number of aromatic nitrogens is 1. The Morgan fingerprint density at radius 2 is 0.765 bits per heavy atom. The Hall–Kier alpha value is -8.98. The largest absolute Gasteiger partial charge is 0.310 e. The molecule has 13 aromatic rings. The molecule has 0 aliphatic carbocycles. The highest BCUT2D eigenvalue weighted by molar-refractivity contribution is 6.14. The summed E-state index contributed by atoms with van der Waals surface area (Å²) in [6, 6.07) is 97.6. The lowest BCUT2D eigenvalue weighted by Gasteiger charge is -2.29. The first-order chi connectivity index (χ1) is 33.7. The van der Waals surface area contributed by atoms with E-state index >= 15 is 0 Å². The van der Waals surface area contributed by atoms with Crippen molar-refractivity contribution in [1.29, 1.82) is 0 Å². The fourth-order valence-corrected chi connectivity index (χ4v) is 10.6. The van der Waals surface area contributed by atoms with Crippen molar-refractivity contribution in [3.05, 3.63) is 267 Å². The molecule has 12 aromatic carbocycles. The molecule has 0 atom stereocenters. The lowest BCUT2D eigenvalue weighted by Crippen LogP contribution is -2.11. The smallest absolute Gasteiger partial charge is 0.0546 e. The second-order valence-electron chi connectivity index (χ2n) is 17.7. The highest BCUT2D eigenvalue weighted by Crippen LogP contribution is 2.46. The quantitative estimate of drug-likeness (QED) is 0.138. The third kappa shape index (κ3) is 6.73. The first-order valence-electron chi connectivity index (χ1n) is 23.4. The summed E-state index contributed by atoms with van der Waals surface area (Å²) in [4.78, 5) is 2.44. The third-order valence-corrected chi connectivity index (χ3v) is 13.8. The van der Waals surface area contributed by atoms with Gasteiger partial charge in [0.1, 0.15) is 0 Å². The monoisotopic (exact) mass is 864 g/mol. The van der Waals surface area contributed by atoms with E-state index < -0.39 is 0 Å². The molecule has 2 heteroatoms. The SMILES string of the molecule is c1ccc(-c2ccc(-c3cc4ccccc4c4ccccc34)cc2N(c2ccc(-c3cccc(-n4c5ccccc5c5ccccc54)c3)cc2)c2ccc(-c3cccc4ccccc34)cc2)cc1. The topological polar surface area (TPSA) is 8.17 Å². The summed E-state index contributed by atoms with van der Waals surface area (Å²) in [5, 5.41) is 10.00. The molecular weight excluding hydrogens is 821 g/mol. The number of anilines is 3. The van der Waals surface area contributed by atoms with E-state index in [1.807, 2.05) is 0 Å². The van der Waals surface area contributed by atoms with Crippen LogP contribution in [-0.2, 0) is 0 Å². The molecule has 2 nitrogen and oxygen atoms in total. The summed E-state index contributed by atoms with van der Waals surface area (Å²) in [6.07, 6.45) is 0. The number of hydrogen-bond acceptors (Lipinski definition) is 1. The lowest BCUT2D eigenvalue weighted by molar-refractivity contribution is 1.18. The van der Waals surface area contributed by atoms with Gasteiger partial charge in [0.05, 0.1) is 16.7 Å². The Balaban J connectivity index is 0.984. The van der Waals surface area contributed by atoms with Crippen molar-refractivity contribution in [2.75, 3.05) is 4.90 Å². The summed E-state index contributed by atoms with van der Waals surface area (Å²) in [5.74, 6) is 0. The lowest BCUT2D eigenvalue weighted by atomic mass is 9.91. The van der Waals surface area contributed by atoms with Gasteiger partial charge >= 0.3 is 0 Å². The molecule has 0 saturated heterocycles. The predicted octanol–water partition coefficient (Wildman–Crippen LogP) is 18.4. The first-order valence-corrected chi connectivity index (χ1v) is 23.4. The maximum Gasteiger partial charge on any atom is 0.0546 e. The molecule has 0 saturated carbocycles. The summed E-state index contributed by atoms with van der Waals surface area (Å²) in [6.45, 7) is 0. The van der Waals surface area contributed by atoms with E-state index in [4.69, 9.17) is 0 Å². The van der Waals surface area contributed by atoms with E-state index in [2.05, 4.69) is 276 Å². The fourth-order valence-electron chi connectivity index (χ4n) is 10.6. The summed E-state index contributed by atoms with van der Waals surface area (Å²) >= 11 is 0. The van der Waals surface area contributed by atoms with Crippen LogP contribution >= 0.6 is 0 Å². The molecule has 0 bridgehead atoms. The van der Waals surface area contributed by atoms with Gasteiger partial charge in [0.25, 0.3) is 0 Å². The standard InChI is InChI=1S/C66H44N2/c1-2-16-47(17-3-1)58-41-36-51(63-43-50-19-5-7-24-57(50)59-25-8-9-26-60(59)63)44-66(58)67(53-39-34-48(35-40-53)56-29-15-20-46-18-4-6-23-55(46)56)52-37-32-45(33-38-52)49-21-14-22-54(42-49)68-64-30-12-10-27-61(64)62-28-11-13-31-65(62)68/h1-44H. The molecule has 0 aliphatic rings. The van der Waals surface area contributed by atoms with E-state index in [0.29, 0.717) is 0 Å². The molecule has 1 heterocycles. The molecule has 0 spiro atoms. The number of fused-ring (bicyclic) bond motifs is 7. The zero-order chi connectivity index (χ0) is 45.0. The van der Waals surface area contributed by atoms with Crippen LogP contribution in [-0.4, -0.2) is 4.57 Å². The summed E-state index contributed by atoms with van der Waals surface area (Å²) < 4.78 is 2.39. The molecule has 0 radical (unpaired) electrons. The highest BCUT2D eigenvalue weighted by Gasteiger charge is 2.21. The molecule has 0 amide bonds. The van der Waals surface area contributed by atoms with Gasteiger partial charge in [-0.2, -0.15) is 0 Å². The van der Waals surface area contributed by atoms with Gasteiger partial charge in [-0.3, -0.25) is 0 Å². The van der Waals surface area contributed by atoms with Crippen LogP contribution in [0.1, 0.15) is 0 Å². The summed E-state index contributed by atoms with van der Waals surface area (Å²) in [7, 11) is 0. The van der Waals surface area contributed by atoms with Crippen molar-refractivity contribution in [3.8, 4) is 50.2 Å². The number of rotatable bonds is 8. The number of hydrogen-bond donors (Lipinski definition) is 0. The van der Waals surface area contributed by atoms with Crippen LogP contribution in [0.2, 0.25) is 0 Å². The predicted molar refractivity (Wildman–Crippen MR) is 290 cm³/mol. The zero-order valence-corrected chi connectivity index (χ0v) is 37.3. The number of para-hydroxylation sites is 2. The van der Waals surface area contributed by atoms with Crippen molar-refractivity contribution >= 4 is 71.2 Å². The highest BCUT2D eigenvalue weighted by atomic mass is 15.1. The second-order valence-corrected chi connectivity index (χ2v) is 17.7. The Morgan fingerprint density at radius 1 is 0.250 bits per heavy atom. The van der Waals surface area contributed by atoms with Crippen LogP contribution in [0.3, 0.4) is 0 Å². The van der Waals surface area contributed by atoms with E-state index in [1.165, 1.54) is 70.8 Å². The Labute approximate surface area is 395 Å². The van der Waals surface area contributed by atoms with Gasteiger partial charge in [-0.15, -0.1) is 0 Å². The normalized spacial score (nSPS) is 11.5. The molecule has 0 N–H and O–H groups in total. The van der Waals surface area contributed by atoms with Crippen molar-refractivity contribution in [2.24, 2.45) is 0 Å². The molecular formula is C66H44N2. The van der Waals surface area contributed by atoms with Crippen molar-refractivity contribution < 1.29 is 0 Å². The van der Waals surface area contributed by atoms with E-state index in [9.17, 15) is 0 Å². The molecule has 318 valence electrons. The molecule has 0 aliphatic heterocycles. The van der Waals surface area contributed by atoms with Gasteiger partial charge in [0.15, 0.2) is 0 Å². The molecule has 13 rings (SSSR count). The van der Waals surface area contributed by atoms with Gasteiger partial charge in [0, 0.05) is 33.4 Å². The fraction of sp³-hybridized carbons (Fsp3) is 0. The van der Waals surface area contributed by atoms with Gasteiger partial charge in [-0.25, -0.2) is 0 Å².